The number of piperazine rings is 1. The molecule has 1 aromatic carbocycles. The molecule has 0 aromatic heterocycles. The first kappa shape index (κ1) is 14.1. The Morgan fingerprint density at radius 2 is 2.15 bits per heavy atom. The van der Waals surface area contributed by atoms with Gasteiger partial charge in [0.1, 0.15) is 0 Å². The Hall–Kier alpha value is -0.860. The highest BCUT2D eigenvalue weighted by Gasteiger charge is 2.34. The Kier molecular flexibility index (Phi) is 4.13. The predicted molar refractivity (Wildman–Crippen MR) is 85.2 cm³/mol. The number of nitrogens with zero attached hydrogens (tertiary/aromatic N) is 1. The van der Waals surface area contributed by atoms with Gasteiger partial charge in [-0.05, 0) is 30.4 Å². The molecule has 110 valence electrons. The quantitative estimate of drug-likeness (QED) is 0.906. The van der Waals surface area contributed by atoms with Gasteiger partial charge in [-0.2, -0.15) is 0 Å². The van der Waals surface area contributed by atoms with Crippen molar-refractivity contribution in [2.45, 2.75) is 51.6 Å². The number of hydrogen-bond donors (Lipinski definition) is 1. The molecule has 2 nitrogen and oxygen atoms in total. The van der Waals surface area contributed by atoms with Crippen molar-refractivity contribution in [1.29, 1.82) is 0 Å². The van der Waals surface area contributed by atoms with Crippen LogP contribution >= 0.6 is 0 Å². The molecule has 3 rings (SSSR count). The molecule has 0 saturated carbocycles. The van der Waals surface area contributed by atoms with E-state index in [9.17, 15) is 0 Å². The molecule has 1 aliphatic carbocycles. The molecule has 0 radical (unpaired) electrons. The molecule has 1 heterocycles. The van der Waals surface area contributed by atoms with Crippen molar-refractivity contribution >= 4 is 0 Å². The van der Waals surface area contributed by atoms with Crippen LogP contribution in [0.25, 0.3) is 0 Å². The summed E-state index contributed by atoms with van der Waals surface area (Å²) in [6, 6.07) is 10.3. The number of fused-ring (bicyclic) bond motifs is 1. The first-order chi connectivity index (χ1) is 9.69. The van der Waals surface area contributed by atoms with Gasteiger partial charge in [0.2, 0.25) is 0 Å². The van der Waals surface area contributed by atoms with Crippen LogP contribution in [0.1, 0.15) is 44.2 Å². The van der Waals surface area contributed by atoms with Crippen LogP contribution in [0.15, 0.2) is 24.3 Å². The topological polar surface area (TPSA) is 15.3 Å². The smallest absolute Gasteiger partial charge is 0.0247 e. The van der Waals surface area contributed by atoms with Gasteiger partial charge in [-0.1, -0.05) is 44.5 Å². The Labute approximate surface area is 123 Å². The van der Waals surface area contributed by atoms with Gasteiger partial charge in [0, 0.05) is 37.6 Å². The summed E-state index contributed by atoms with van der Waals surface area (Å²) in [5, 5.41) is 3.66. The molecule has 0 spiro atoms. The molecule has 1 N–H and O–H groups in total. The second-order valence-corrected chi connectivity index (χ2v) is 6.82. The lowest BCUT2D eigenvalue weighted by atomic mass is 9.77. The van der Waals surface area contributed by atoms with Gasteiger partial charge in [0.15, 0.2) is 0 Å². The molecule has 20 heavy (non-hydrogen) atoms. The van der Waals surface area contributed by atoms with Crippen LogP contribution in [0.4, 0.5) is 0 Å². The summed E-state index contributed by atoms with van der Waals surface area (Å²) in [7, 11) is 0. The highest BCUT2D eigenvalue weighted by Crippen LogP contribution is 2.36. The molecule has 0 bridgehead atoms. The minimum absolute atomic E-state index is 0.630. The fourth-order valence-electron chi connectivity index (χ4n) is 3.85. The Morgan fingerprint density at radius 3 is 2.90 bits per heavy atom. The standard InChI is InChI=1S/C18H28N2/c1-4-13(2)18-10-19-14(3)11-20(18)12-16-9-15-7-5-6-8-17(15)16/h5-8,13-14,16,18-19H,4,9-12H2,1-3H3. The third kappa shape index (κ3) is 2.64. The summed E-state index contributed by atoms with van der Waals surface area (Å²) in [6.45, 7) is 10.6. The van der Waals surface area contributed by atoms with E-state index in [1.807, 2.05) is 0 Å². The van der Waals surface area contributed by atoms with E-state index in [4.69, 9.17) is 0 Å². The van der Waals surface area contributed by atoms with Crippen molar-refractivity contribution in [3.05, 3.63) is 35.4 Å². The molecule has 1 saturated heterocycles. The summed E-state index contributed by atoms with van der Waals surface area (Å²) < 4.78 is 0. The van der Waals surface area contributed by atoms with Gasteiger partial charge < -0.3 is 5.32 Å². The third-order valence-electron chi connectivity index (χ3n) is 5.37. The summed E-state index contributed by atoms with van der Waals surface area (Å²) >= 11 is 0. The van der Waals surface area contributed by atoms with Crippen molar-refractivity contribution in [3.63, 3.8) is 0 Å². The lowest BCUT2D eigenvalue weighted by Gasteiger charge is -2.45. The fraction of sp³-hybridized carbons (Fsp3) is 0.667. The van der Waals surface area contributed by atoms with Crippen LogP contribution in [-0.4, -0.2) is 36.6 Å². The molecule has 1 fully saturated rings. The molecule has 4 atom stereocenters. The van der Waals surface area contributed by atoms with E-state index in [2.05, 4.69) is 55.3 Å². The molecule has 2 heteroatoms. The van der Waals surface area contributed by atoms with Crippen LogP contribution in [0.3, 0.4) is 0 Å². The first-order valence-electron chi connectivity index (χ1n) is 8.24. The molecule has 4 unspecified atom stereocenters. The zero-order chi connectivity index (χ0) is 14.1. The minimum atomic E-state index is 0.630. The van der Waals surface area contributed by atoms with Gasteiger partial charge >= 0.3 is 0 Å². The van der Waals surface area contributed by atoms with E-state index in [-0.39, 0.29) is 0 Å². The lowest BCUT2D eigenvalue weighted by molar-refractivity contribution is 0.0864. The predicted octanol–water partition coefficient (Wildman–Crippen LogP) is 3.03. The SMILES string of the molecule is CCC(C)C1CNC(C)CN1CC1Cc2ccccc21. The normalized spacial score (nSPS) is 31.4. The van der Waals surface area contributed by atoms with E-state index in [1.165, 1.54) is 25.9 Å². The van der Waals surface area contributed by atoms with Crippen molar-refractivity contribution < 1.29 is 0 Å². The van der Waals surface area contributed by atoms with Crippen LogP contribution < -0.4 is 5.32 Å². The number of hydrogen-bond acceptors (Lipinski definition) is 2. The molecule has 0 amide bonds. The summed E-state index contributed by atoms with van der Waals surface area (Å²) in [5.41, 5.74) is 3.17. The Bertz CT molecular complexity index is 456. The maximum absolute atomic E-state index is 3.66. The highest BCUT2D eigenvalue weighted by atomic mass is 15.2. The summed E-state index contributed by atoms with van der Waals surface area (Å²) in [6.07, 6.45) is 2.56. The number of nitrogens with one attached hydrogen (secondary N) is 1. The monoisotopic (exact) mass is 272 g/mol. The number of benzene rings is 1. The lowest BCUT2D eigenvalue weighted by Crippen LogP contribution is -2.58. The van der Waals surface area contributed by atoms with Gasteiger partial charge in [-0.25, -0.2) is 0 Å². The zero-order valence-electron chi connectivity index (χ0n) is 13.1. The van der Waals surface area contributed by atoms with Gasteiger partial charge in [0.05, 0.1) is 0 Å². The Balaban J connectivity index is 1.68. The van der Waals surface area contributed by atoms with E-state index < -0.39 is 0 Å². The van der Waals surface area contributed by atoms with E-state index >= 15 is 0 Å². The first-order valence-corrected chi connectivity index (χ1v) is 8.24. The highest BCUT2D eigenvalue weighted by molar-refractivity contribution is 5.40. The second kappa shape index (κ2) is 5.87. The minimum Gasteiger partial charge on any atom is -0.311 e. The Morgan fingerprint density at radius 1 is 1.35 bits per heavy atom. The van der Waals surface area contributed by atoms with Crippen LogP contribution in [0, 0.1) is 5.92 Å². The maximum Gasteiger partial charge on any atom is 0.0247 e. The van der Waals surface area contributed by atoms with Gasteiger partial charge in [-0.3, -0.25) is 4.90 Å². The van der Waals surface area contributed by atoms with Crippen molar-refractivity contribution in [2.24, 2.45) is 5.92 Å². The second-order valence-electron chi connectivity index (χ2n) is 6.82. The van der Waals surface area contributed by atoms with Crippen LogP contribution in [0.5, 0.6) is 0 Å². The molecular formula is C18H28N2. The largest absolute Gasteiger partial charge is 0.311 e. The molecular weight excluding hydrogens is 244 g/mol. The van der Waals surface area contributed by atoms with Crippen LogP contribution in [-0.2, 0) is 6.42 Å². The summed E-state index contributed by atoms with van der Waals surface area (Å²) in [4.78, 5) is 2.76. The van der Waals surface area contributed by atoms with Gasteiger partial charge in [0.25, 0.3) is 0 Å². The molecule has 1 aliphatic heterocycles. The van der Waals surface area contributed by atoms with Crippen molar-refractivity contribution in [1.82, 2.24) is 10.2 Å². The average Bonchev–Trinajstić information content (AvgIpc) is 2.44. The zero-order valence-corrected chi connectivity index (χ0v) is 13.1. The van der Waals surface area contributed by atoms with E-state index in [0.29, 0.717) is 12.1 Å². The molecule has 1 aromatic rings. The van der Waals surface area contributed by atoms with E-state index in [0.717, 1.165) is 18.4 Å². The average molecular weight is 272 g/mol. The molecule has 2 aliphatic rings. The van der Waals surface area contributed by atoms with E-state index in [1.54, 1.807) is 11.1 Å². The van der Waals surface area contributed by atoms with Crippen molar-refractivity contribution in [2.75, 3.05) is 19.6 Å². The maximum atomic E-state index is 3.66. The third-order valence-corrected chi connectivity index (χ3v) is 5.37. The van der Waals surface area contributed by atoms with Crippen LogP contribution in [0.2, 0.25) is 0 Å². The number of rotatable bonds is 4. The van der Waals surface area contributed by atoms with Gasteiger partial charge in [-0.15, -0.1) is 0 Å². The fourth-order valence-corrected chi connectivity index (χ4v) is 3.85. The summed E-state index contributed by atoms with van der Waals surface area (Å²) in [5.74, 6) is 1.55. The van der Waals surface area contributed by atoms with Crippen molar-refractivity contribution in [3.8, 4) is 0 Å².